The van der Waals surface area contributed by atoms with Crippen LogP contribution in [-0.4, -0.2) is 13.3 Å². The Kier molecular flexibility index (Phi) is 9.07. The van der Waals surface area contributed by atoms with Crippen molar-refractivity contribution < 1.29 is 18.9 Å². The van der Waals surface area contributed by atoms with Gasteiger partial charge < -0.3 is 18.9 Å². The predicted octanol–water partition coefficient (Wildman–Crippen LogP) is 9.69. The van der Waals surface area contributed by atoms with Crippen molar-refractivity contribution in [3.05, 3.63) is 185 Å². The number of fused-ring (bicyclic) bond motifs is 2. The van der Waals surface area contributed by atoms with Crippen LogP contribution in [0, 0.1) is 0 Å². The normalized spacial score (nSPS) is 20.4. The molecule has 5 heteroatoms. The summed E-state index contributed by atoms with van der Waals surface area (Å²) < 4.78 is 21.6. The molecule has 3 atom stereocenters. The molecule has 274 valence electrons. The van der Waals surface area contributed by atoms with E-state index in [1.807, 2.05) is 19.1 Å². The molecule has 1 N–H and O–H groups in total. The maximum atomic E-state index is 8.06. The molecule has 4 nitrogen and oxygen atoms in total. The minimum Gasteiger partial charge on any atom is -0.637 e. The molecule has 0 aromatic heterocycles. The average Bonchev–Trinajstić information content (AvgIpc) is 3.49. The molecule has 1 saturated heterocycles. The van der Waals surface area contributed by atoms with Gasteiger partial charge in [0.05, 0.1) is 18.9 Å². The molecule has 2 aliphatic rings. The lowest BCUT2D eigenvalue weighted by atomic mass is 9.59. The van der Waals surface area contributed by atoms with Crippen LogP contribution in [-0.2, 0) is 27.6 Å². The summed E-state index contributed by atoms with van der Waals surface area (Å²) in [5.74, 6) is 1.83. The Bertz CT molecular complexity index is 2190. The van der Waals surface area contributed by atoms with E-state index in [0.29, 0.717) is 6.61 Å². The number of nitrogens with one attached hydrogen (secondary N) is 1. The largest absolute Gasteiger partial charge is 0.637 e. The fourth-order valence-electron chi connectivity index (χ4n) is 8.85. The van der Waals surface area contributed by atoms with Gasteiger partial charge in [0.1, 0.15) is 17.4 Å². The second-order valence-electron chi connectivity index (χ2n) is 17.1. The molecule has 0 saturated carbocycles. The first-order valence-corrected chi connectivity index (χ1v) is 19.5. The summed E-state index contributed by atoms with van der Waals surface area (Å²) in [6.45, 7) is 15.0. The smallest absolute Gasteiger partial charge is 0.556 e. The first-order valence-electron chi connectivity index (χ1n) is 19.5. The fraction of sp³-hybridized carbons (Fsp3) is 0.265. The van der Waals surface area contributed by atoms with E-state index in [1.165, 1.54) is 27.1 Å². The zero-order valence-corrected chi connectivity index (χ0v) is 32.7. The van der Waals surface area contributed by atoms with E-state index >= 15 is 0 Å². The summed E-state index contributed by atoms with van der Waals surface area (Å²) in [6, 6.07) is 54.5. The standard InChI is InChI=1S/C49H52BNO3/c1-8-52-43-30-26-36(27-31-43)35-24-28-42(29-25-35)50-51(34-38-32-41(47(2,3)4)33-44(45(38)53-50)48(5,6)7)46(37-18-12-9-13-19-37)49(54-50,39-20-14-10-15-21-39)40-22-16-11-17-23-40/h9-33,46,51H,8,34H2,1-7H3/t46-,50?/m1/s1. The van der Waals surface area contributed by atoms with E-state index in [0.717, 1.165) is 45.8 Å². The predicted molar refractivity (Wildman–Crippen MR) is 222 cm³/mol. The molecule has 0 amide bonds. The van der Waals surface area contributed by atoms with Gasteiger partial charge in [0, 0.05) is 11.1 Å². The van der Waals surface area contributed by atoms with Gasteiger partial charge in [-0.1, -0.05) is 180 Å². The van der Waals surface area contributed by atoms with Crippen LogP contribution in [0.3, 0.4) is 0 Å². The second-order valence-corrected chi connectivity index (χ2v) is 17.1. The topological polar surface area (TPSA) is 32.1 Å². The Morgan fingerprint density at radius 1 is 0.667 bits per heavy atom. The number of benzene rings is 6. The molecule has 54 heavy (non-hydrogen) atoms. The summed E-state index contributed by atoms with van der Waals surface area (Å²) in [5.41, 5.74) is 9.45. The minimum atomic E-state index is -2.21. The van der Waals surface area contributed by atoms with Crippen LogP contribution in [0.5, 0.6) is 11.5 Å². The fourth-order valence-corrected chi connectivity index (χ4v) is 8.85. The van der Waals surface area contributed by atoms with Crippen molar-refractivity contribution in [2.75, 3.05) is 6.61 Å². The molecule has 8 rings (SSSR count). The SMILES string of the molecule is CCOc1ccc(-c2ccc([B-]34Oc5c(cc(C(C)(C)C)cc5C(C)(C)C)C[NH+]3[C@H](c3ccccc3)C(c3ccccc3)(c3ccccc3)O4)cc2)cc1. The first kappa shape index (κ1) is 35.9. The Labute approximate surface area is 321 Å². The van der Waals surface area contributed by atoms with E-state index < -0.39 is 12.3 Å². The quantitative estimate of drug-likeness (QED) is 0.167. The lowest BCUT2D eigenvalue weighted by Crippen LogP contribution is -3.24. The van der Waals surface area contributed by atoms with Gasteiger partial charge in [-0.2, -0.15) is 0 Å². The second kappa shape index (κ2) is 13.6. The minimum absolute atomic E-state index is 0.0289. The zero-order chi connectivity index (χ0) is 37.7. The molecule has 6 aromatic carbocycles. The van der Waals surface area contributed by atoms with Crippen molar-refractivity contribution in [1.82, 2.24) is 0 Å². The summed E-state index contributed by atoms with van der Waals surface area (Å²) in [4.78, 5) is 1.26. The van der Waals surface area contributed by atoms with Crippen LogP contribution in [0.4, 0.5) is 0 Å². The Hall–Kier alpha value is -5.10. The Balaban J connectivity index is 1.40. The van der Waals surface area contributed by atoms with Crippen LogP contribution in [0.1, 0.15) is 87.9 Å². The van der Waals surface area contributed by atoms with Gasteiger partial charge in [-0.05, 0) is 69.3 Å². The summed E-state index contributed by atoms with van der Waals surface area (Å²) in [5, 5.41) is 0. The van der Waals surface area contributed by atoms with E-state index in [-0.39, 0.29) is 16.9 Å². The van der Waals surface area contributed by atoms with Crippen LogP contribution in [0.2, 0.25) is 0 Å². The highest BCUT2D eigenvalue weighted by Crippen LogP contribution is 2.51. The average molecular weight is 714 g/mol. The van der Waals surface area contributed by atoms with E-state index in [1.54, 1.807) is 0 Å². The molecular formula is C49H52BNO3. The lowest BCUT2D eigenvalue weighted by molar-refractivity contribution is -0.851. The van der Waals surface area contributed by atoms with Crippen LogP contribution >= 0.6 is 0 Å². The summed E-state index contributed by atoms with van der Waals surface area (Å²) >= 11 is 0. The van der Waals surface area contributed by atoms with Crippen LogP contribution in [0.25, 0.3) is 11.1 Å². The molecule has 2 aliphatic heterocycles. The molecule has 6 aromatic rings. The molecule has 0 radical (unpaired) electrons. The zero-order valence-electron chi connectivity index (χ0n) is 32.7. The van der Waals surface area contributed by atoms with Gasteiger partial charge in [-0.25, -0.2) is 0 Å². The van der Waals surface area contributed by atoms with Gasteiger partial charge in [-0.3, -0.25) is 0 Å². The Morgan fingerprint density at radius 3 is 1.72 bits per heavy atom. The third kappa shape index (κ3) is 6.14. The maximum Gasteiger partial charge on any atom is 0.556 e. The number of rotatable bonds is 7. The monoisotopic (exact) mass is 713 g/mol. The van der Waals surface area contributed by atoms with Gasteiger partial charge in [0.15, 0.2) is 0 Å². The van der Waals surface area contributed by atoms with Gasteiger partial charge in [0.25, 0.3) is 0 Å². The van der Waals surface area contributed by atoms with E-state index in [2.05, 4.69) is 181 Å². The van der Waals surface area contributed by atoms with Crippen molar-refractivity contribution in [2.45, 2.75) is 77.5 Å². The van der Waals surface area contributed by atoms with Gasteiger partial charge in [-0.15, -0.1) is 0 Å². The molecule has 0 bridgehead atoms. The summed E-state index contributed by atoms with van der Waals surface area (Å²) in [6.07, 6.45) is 0. The highest BCUT2D eigenvalue weighted by Gasteiger charge is 2.67. The molecule has 2 heterocycles. The van der Waals surface area contributed by atoms with E-state index in [9.17, 15) is 0 Å². The van der Waals surface area contributed by atoms with Crippen molar-refractivity contribution in [3.8, 4) is 22.6 Å². The summed E-state index contributed by atoms with van der Waals surface area (Å²) in [7, 11) is 0. The molecule has 2 unspecified atom stereocenters. The maximum absolute atomic E-state index is 8.06. The number of hydrogen-bond donors (Lipinski definition) is 1. The first-order chi connectivity index (χ1) is 25.9. The third-order valence-electron chi connectivity index (χ3n) is 11.5. The molecule has 0 spiro atoms. The van der Waals surface area contributed by atoms with Gasteiger partial charge >= 0.3 is 6.69 Å². The van der Waals surface area contributed by atoms with Crippen LogP contribution < -0.4 is 19.7 Å². The van der Waals surface area contributed by atoms with Gasteiger partial charge in [0.2, 0.25) is 0 Å². The third-order valence-corrected chi connectivity index (χ3v) is 11.5. The lowest BCUT2D eigenvalue weighted by Gasteiger charge is -2.48. The number of ether oxygens (including phenoxy) is 1. The number of hydrogen-bond acceptors (Lipinski definition) is 3. The van der Waals surface area contributed by atoms with Crippen LogP contribution in [0.15, 0.2) is 152 Å². The highest BCUT2D eigenvalue weighted by atomic mass is 16.6. The van der Waals surface area contributed by atoms with Crippen molar-refractivity contribution in [1.29, 1.82) is 0 Å². The molecule has 0 aliphatic carbocycles. The van der Waals surface area contributed by atoms with Crippen molar-refractivity contribution in [3.63, 3.8) is 0 Å². The Morgan fingerprint density at radius 2 is 1.20 bits per heavy atom. The number of quaternary nitrogens is 1. The molecular weight excluding hydrogens is 661 g/mol. The highest BCUT2D eigenvalue weighted by molar-refractivity contribution is 6.75. The van der Waals surface area contributed by atoms with Crippen molar-refractivity contribution >= 4 is 12.1 Å². The van der Waals surface area contributed by atoms with Crippen molar-refractivity contribution in [2.24, 2.45) is 0 Å². The van der Waals surface area contributed by atoms with E-state index in [4.69, 9.17) is 14.0 Å². The molecule has 1 fully saturated rings.